The maximum Gasteiger partial charge on any atom is 0.158 e. The molecule has 20 heavy (non-hydrogen) atoms. The van der Waals surface area contributed by atoms with Crippen molar-refractivity contribution in [3.63, 3.8) is 0 Å². The molecule has 0 saturated heterocycles. The number of hydrogen-bond acceptors (Lipinski definition) is 6. The van der Waals surface area contributed by atoms with Gasteiger partial charge in [-0.2, -0.15) is 0 Å². The average Bonchev–Trinajstić information content (AvgIpc) is 2.88. The van der Waals surface area contributed by atoms with E-state index in [-0.39, 0.29) is 0 Å². The molecule has 0 spiro atoms. The number of anilines is 2. The third-order valence-corrected chi connectivity index (χ3v) is 4.23. The molecule has 7 heteroatoms. The van der Waals surface area contributed by atoms with Crippen molar-refractivity contribution in [1.82, 2.24) is 9.97 Å². The first kappa shape index (κ1) is 15.2. The Kier molecular flexibility index (Phi) is 5.75. The van der Waals surface area contributed by atoms with Gasteiger partial charge in [0, 0.05) is 34.5 Å². The highest BCUT2D eigenvalue weighted by Crippen LogP contribution is 2.21. The van der Waals surface area contributed by atoms with Crippen molar-refractivity contribution in [3.05, 3.63) is 32.7 Å². The van der Waals surface area contributed by atoms with Crippen molar-refractivity contribution in [2.75, 3.05) is 24.3 Å². The summed E-state index contributed by atoms with van der Waals surface area (Å²) in [4.78, 5) is 10.0. The second kappa shape index (κ2) is 7.56. The third kappa shape index (κ3) is 4.43. The lowest BCUT2D eigenvalue weighted by molar-refractivity contribution is 0.128. The maximum absolute atomic E-state index is 5.36. The van der Waals surface area contributed by atoms with Gasteiger partial charge in [-0.3, -0.25) is 0 Å². The van der Waals surface area contributed by atoms with Crippen molar-refractivity contribution in [1.29, 1.82) is 0 Å². The lowest BCUT2D eigenvalue weighted by Crippen LogP contribution is -2.07. The SMILES string of the molecule is CCOCc1nc(NC)cc(NCc2cc(Br)cs2)n1. The van der Waals surface area contributed by atoms with Crippen LogP contribution in [0.2, 0.25) is 0 Å². The van der Waals surface area contributed by atoms with Gasteiger partial charge in [-0.15, -0.1) is 11.3 Å². The van der Waals surface area contributed by atoms with Crippen molar-refractivity contribution < 1.29 is 4.74 Å². The van der Waals surface area contributed by atoms with E-state index in [1.165, 1.54) is 4.88 Å². The predicted octanol–water partition coefficient (Wildman–Crippen LogP) is 3.49. The molecule has 0 aliphatic heterocycles. The van der Waals surface area contributed by atoms with E-state index in [2.05, 4.69) is 48.0 Å². The van der Waals surface area contributed by atoms with E-state index in [4.69, 9.17) is 4.74 Å². The molecule has 0 saturated carbocycles. The number of rotatable bonds is 7. The molecule has 0 aliphatic rings. The lowest BCUT2D eigenvalue weighted by Gasteiger charge is -2.09. The van der Waals surface area contributed by atoms with Crippen molar-refractivity contribution in [3.8, 4) is 0 Å². The van der Waals surface area contributed by atoms with Crippen LogP contribution in [-0.4, -0.2) is 23.6 Å². The molecule has 0 radical (unpaired) electrons. The van der Waals surface area contributed by atoms with Gasteiger partial charge in [0.05, 0.1) is 6.54 Å². The first-order valence-electron chi connectivity index (χ1n) is 6.31. The van der Waals surface area contributed by atoms with E-state index in [9.17, 15) is 0 Å². The molecular formula is C13H17BrN4OS. The minimum absolute atomic E-state index is 0.422. The Morgan fingerprint density at radius 2 is 2.10 bits per heavy atom. The van der Waals surface area contributed by atoms with Crippen LogP contribution in [0.5, 0.6) is 0 Å². The first-order valence-corrected chi connectivity index (χ1v) is 7.98. The molecule has 2 N–H and O–H groups in total. The zero-order chi connectivity index (χ0) is 14.4. The van der Waals surface area contributed by atoms with E-state index in [0.717, 1.165) is 22.7 Å². The standard InChI is InChI=1S/C13H17BrN4OS/c1-3-19-7-13-17-11(15-2)5-12(18-13)16-6-10-4-9(14)8-20-10/h4-5,8H,3,6-7H2,1-2H3,(H2,15,16,17,18). The molecule has 2 aromatic rings. The molecule has 5 nitrogen and oxygen atoms in total. The van der Waals surface area contributed by atoms with E-state index in [1.54, 1.807) is 11.3 Å². The number of hydrogen-bond donors (Lipinski definition) is 2. The Morgan fingerprint density at radius 1 is 1.30 bits per heavy atom. The number of nitrogens with zero attached hydrogens (tertiary/aromatic N) is 2. The van der Waals surface area contributed by atoms with E-state index >= 15 is 0 Å². The van der Waals surface area contributed by atoms with Crippen LogP contribution in [0.3, 0.4) is 0 Å². The Hall–Kier alpha value is -1.18. The molecule has 0 aliphatic carbocycles. The summed E-state index contributed by atoms with van der Waals surface area (Å²) in [6, 6.07) is 3.98. The molecule has 0 fully saturated rings. The quantitative estimate of drug-likeness (QED) is 0.794. The van der Waals surface area contributed by atoms with Crippen LogP contribution in [0.25, 0.3) is 0 Å². The average molecular weight is 357 g/mol. The molecule has 0 atom stereocenters. The molecular weight excluding hydrogens is 340 g/mol. The van der Waals surface area contributed by atoms with E-state index in [0.29, 0.717) is 19.0 Å². The number of halogens is 1. The van der Waals surface area contributed by atoms with Crippen LogP contribution in [0.15, 0.2) is 22.0 Å². The lowest BCUT2D eigenvalue weighted by atomic mass is 10.4. The van der Waals surface area contributed by atoms with Crippen LogP contribution in [0, 0.1) is 0 Å². The van der Waals surface area contributed by atoms with Gasteiger partial charge in [-0.1, -0.05) is 0 Å². The molecule has 0 bridgehead atoms. The summed E-state index contributed by atoms with van der Waals surface area (Å²) in [6.07, 6.45) is 0. The summed E-state index contributed by atoms with van der Waals surface area (Å²) in [7, 11) is 1.84. The number of thiophene rings is 1. The Bertz CT molecular complexity index is 561. The molecule has 2 heterocycles. The van der Waals surface area contributed by atoms with E-state index in [1.807, 2.05) is 20.0 Å². The zero-order valence-electron chi connectivity index (χ0n) is 11.4. The fourth-order valence-corrected chi connectivity index (χ4v) is 2.99. The minimum Gasteiger partial charge on any atom is -0.374 e. The molecule has 0 aromatic carbocycles. The number of aromatic nitrogens is 2. The van der Waals surface area contributed by atoms with Gasteiger partial charge in [0.25, 0.3) is 0 Å². The van der Waals surface area contributed by atoms with Gasteiger partial charge in [0.1, 0.15) is 18.2 Å². The topological polar surface area (TPSA) is 59.1 Å². The van der Waals surface area contributed by atoms with Gasteiger partial charge in [-0.25, -0.2) is 9.97 Å². The third-order valence-electron chi connectivity index (χ3n) is 2.53. The monoisotopic (exact) mass is 356 g/mol. The van der Waals surface area contributed by atoms with E-state index < -0.39 is 0 Å². The molecule has 108 valence electrons. The Labute approximate surface area is 130 Å². The maximum atomic E-state index is 5.36. The Morgan fingerprint density at radius 3 is 2.75 bits per heavy atom. The predicted molar refractivity (Wildman–Crippen MR) is 86.3 cm³/mol. The fraction of sp³-hybridized carbons (Fsp3) is 0.385. The molecule has 0 amide bonds. The molecule has 2 rings (SSSR count). The van der Waals surface area contributed by atoms with Gasteiger partial charge < -0.3 is 15.4 Å². The smallest absolute Gasteiger partial charge is 0.158 e. The normalized spacial score (nSPS) is 10.6. The summed E-state index contributed by atoms with van der Waals surface area (Å²) in [5.74, 6) is 2.25. The summed E-state index contributed by atoms with van der Waals surface area (Å²) < 4.78 is 6.46. The number of ether oxygens (including phenoxy) is 1. The highest BCUT2D eigenvalue weighted by atomic mass is 79.9. The minimum atomic E-state index is 0.422. The van der Waals surface area contributed by atoms with Crippen LogP contribution < -0.4 is 10.6 Å². The fourth-order valence-electron chi connectivity index (χ4n) is 1.60. The summed E-state index contributed by atoms with van der Waals surface area (Å²) in [6.45, 7) is 3.77. The molecule has 0 unspecified atom stereocenters. The number of nitrogens with one attached hydrogen (secondary N) is 2. The summed E-state index contributed by atoms with van der Waals surface area (Å²) in [5, 5.41) is 8.41. The van der Waals surface area contributed by atoms with Crippen LogP contribution in [0.4, 0.5) is 11.6 Å². The van der Waals surface area contributed by atoms with Gasteiger partial charge >= 0.3 is 0 Å². The second-order valence-corrected chi connectivity index (χ2v) is 5.94. The van der Waals surface area contributed by atoms with Crippen molar-refractivity contribution in [2.45, 2.75) is 20.1 Å². The van der Waals surface area contributed by atoms with Crippen molar-refractivity contribution >= 4 is 38.9 Å². The second-order valence-electron chi connectivity index (χ2n) is 4.03. The van der Waals surface area contributed by atoms with Crippen LogP contribution in [-0.2, 0) is 17.9 Å². The zero-order valence-corrected chi connectivity index (χ0v) is 13.8. The van der Waals surface area contributed by atoms with Gasteiger partial charge in [0.2, 0.25) is 0 Å². The largest absolute Gasteiger partial charge is 0.374 e. The Balaban J connectivity index is 2.05. The van der Waals surface area contributed by atoms with Gasteiger partial charge in [-0.05, 0) is 28.9 Å². The summed E-state index contributed by atoms with van der Waals surface area (Å²) in [5.41, 5.74) is 0. The van der Waals surface area contributed by atoms with Crippen LogP contribution >= 0.6 is 27.3 Å². The van der Waals surface area contributed by atoms with Gasteiger partial charge in [0.15, 0.2) is 5.82 Å². The molecule has 2 aromatic heterocycles. The highest BCUT2D eigenvalue weighted by molar-refractivity contribution is 9.10. The van der Waals surface area contributed by atoms with Crippen LogP contribution in [0.1, 0.15) is 17.6 Å². The van der Waals surface area contributed by atoms with Crippen molar-refractivity contribution in [2.24, 2.45) is 0 Å². The summed E-state index contributed by atoms with van der Waals surface area (Å²) >= 11 is 5.16. The first-order chi connectivity index (χ1) is 9.71. The highest BCUT2D eigenvalue weighted by Gasteiger charge is 2.05.